The van der Waals surface area contributed by atoms with Crippen LogP contribution >= 0.6 is 0 Å². The summed E-state index contributed by atoms with van der Waals surface area (Å²) in [5.74, 6) is 0.328. The van der Waals surface area contributed by atoms with E-state index in [2.05, 4.69) is 14.9 Å². The van der Waals surface area contributed by atoms with Gasteiger partial charge >= 0.3 is 6.09 Å². The molecule has 2 aromatic rings. The van der Waals surface area contributed by atoms with Crippen LogP contribution in [0.15, 0.2) is 24.5 Å². The highest BCUT2D eigenvalue weighted by Crippen LogP contribution is 2.31. The molecule has 9 nitrogen and oxygen atoms in total. The zero-order valence-electron chi connectivity index (χ0n) is 22.8. The average Bonchev–Trinajstić information content (AvgIpc) is 2.91. The van der Waals surface area contributed by atoms with Crippen molar-refractivity contribution in [1.29, 1.82) is 0 Å². The molecule has 1 aromatic heterocycles. The minimum Gasteiger partial charge on any atom is -0.474 e. The Kier molecular flexibility index (Phi) is 9.74. The zero-order chi connectivity index (χ0) is 27.1. The summed E-state index contributed by atoms with van der Waals surface area (Å²) in [5.41, 5.74) is 1.52. The summed E-state index contributed by atoms with van der Waals surface area (Å²) in [4.78, 5) is 24.7. The molecular weight excluding hydrogens is 491 g/mol. The van der Waals surface area contributed by atoms with Gasteiger partial charge in [0.2, 0.25) is 11.8 Å². The van der Waals surface area contributed by atoms with Crippen LogP contribution in [0, 0.1) is 12.7 Å². The highest BCUT2D eigenvalue weighted by Gasteiger charge is 2.26. The van der Waals surface area contributed by atoms with Gasteiger partial charge in [0.15, 0.2) is 11.6 Å². The predicted molar refractivity (Wildman–Crippen MR) is 140 cm³/mol. The summed E-state index contributed by atoms with van der Waals surface area (Å²) in [6.45, 7) is 9.45. The van der Waals surface area contributed by atoms with Gasteiger partial charge in [0, 0.05) is 52.7 Å². The summed E-state index contributed by atoms with van der Waals surface area (Å²) in [5, 5.41) is 0. The van der Waals surface area contributed by atoms with Gasteiger partial charge in [0.05, 0.1) is 17.8 Å². The van der Waals surface area contributed by atoms with Crippen LogP contribution < -0.4 is 9.47 Å². The first kappa shape index (κ1) is 28.0. The molecule has 0 radical (unpaired) electrons. The van der Waals surface area contributed by atoms with E-state index in [4.69, 9.17) is 18.9 Å². The fraction of sp³-hybridized carbons (Fsp3) is 0.607. The highest BCUT2D eigenvalue weighted by atomic mass is 19.1. The number of halogens is 1. The second kappa shape index (κ2) is 13.2. The van der Waals surface area contributed by atoms with Gasteiger partial charge in [0.1, 0.15) is 12.4 Å². The van der Waals surface area contributed by atoms with Gasteiger partial charge in [-0.25, -0.2) is 19.2 Å². The third kappa shape index (κ3) is 7.54. The van der Waals surface area contributed by atoms with Gasteiger partial charge in [-0.2, -0.15) is 0 Å². The summed E-state index contributed by atoms with van der Waals surface area (Å²) < 4.78 is 37.6. The van der Waals surface area contributed by atoms with Crippen LogP contribution in [-0.4, -0.2) is 84.0 Å². The lowest BCUT2D eigenvalue weighted by Crippen LogP contribution is -2.42. The molecule has 4 rings (SSSR count). The van der Waals surface area contributed by atoms with E-state index in [0.717, 1.165) is 44.5 Å². The monoisotopic (exact) mass is 530 g/mol. The molecule has 1 aromatic carbocycles. The molecule has 38 heavy (non-hydrogen) atoms. The number of aromatic nitrogens is 2. The predicted octanol–water partition coefficient (Wildman–Crippen LogP) is 4.76. The van der Waals surface area contributed by atoms with Crippen molar-refractivity contribution in [3.63, 3.8) is 0 Å². The number of piperidine rings is 2. The largest absolute Gasteiger partial charge is 0.474 e. The third-order valence-corrected chi connectivity index (χ3v) is 7.09. The maximum Gasteiger partial charge on any atom is 0.410 e. The SMILES string of the molecule is COC1CCN(CCc2ccc(Oc3ncnc(OC4CCN(C(=O)OC(C)C)CC4)c3C)c(F)c2)CC1. The highest BCUT2D eigenvalue weighted by molar-refractivity contribution is 5.67. The van der Waals surface area contributed by atoms with Crippen LogP contribution in [0.5, 0.6) is 17.5 Å². The topological polar surface area (TPSA) is 86.3 Å². The number of hydrogen-bond acceptors (Lipinski definition) is 8. The van der Waals surface area contributed by atoms with Crippen LogP contribution in [0.25, 0.3) is 0 Å². The zero-order valence-corrected chi connectivity index (χ0v) is 22.8. The number of nitrogens with zero attached hydrogens (tertiary/aromatic N) is 4. The lowest BCUT2D eigenvalue weighted by molar-refractivity contribution is 0.0415. The van der Waals surface area contributed by atoms with E-state index >= 15 is 0 Å². The first-order valence-electron chi connectivity index (χ1n) is 13.5. The molecule has 0 N–H and O–H groups in total. The minimum absolute atomic E-state index is 0.101. The minimum atomic E-state index is -0.429. The number of amides is 1. The van der Waals surface area contributed by atoms with E-state index < -0.39 is 5.82 Å². The van der Waals surface area contributed by atoms with Crippen LogP contribution in [-0.2, 0) is 15.9 Å². The van der Waals surface area contributed by atoms with Crippen molar-refractivity contribution in [2.24, 2.45) is 0 Å². The number of likely N-dealkylation sites (tertiary alicyclic amines) is 2. The fourth-order valence-electron chi connectivity index (χ4n) is 4.77. The summed E-state index contributed by atoms with van der Waals surface area (Å²) in [6.07, 6.45) is 5.32. The molecule has 2 aliphatic rings. The Bertz CT molecular complexity index is 1070. The summed E-state index contributed by atoms with van der Waals surface area (Å²) in [7, 11) is 1.77. The number of hydrogen-bond donors (Lipinski definition) is 0. The molecule has 208 valence electrons. The normalized spacial score (nSPS) is 17.6. The molecule has 0 saturated carbocycles. The standard InChI is InChI=1S/C28H39FN4O5/c1-19(2)36-28(34)33-15-10-23(11-16-33)37-26-20(3)27(31-18-30-26)38-25-6-5-21(17-24(25)29)7-12-32-13-8-22(35-4)9-14-32/h5-6,17-19,22-23H,7-16H2,1-4H3. The Labute approximate surface area is 224 Å². The maximum atomic E-state index is 14.9. The maximum absolute atomic E-state index is 14.9. The van der Waals surface area contributed by atoms with E-state index in [-0.39, 0.29) is 29.9 Å². The summed E-state index contributed by atoms with van der Waals surface area (Å²) in [6, 6.07) is 5.07. The van der Waals surface area contributed by atoms with E-state index in [9.17, 15) is 9.18 Å². The molecule has 0 atom stereocenters. The molecule has 0 aliphatic carbocycles. The second-order valence-electron chi connectivity index (χ2n) is 10.2. The van der Waals surface area contributed by atoms with Gasteiger partial charge in [-0.15, -0.1) is 0 Å². The van der Waals surface area contributed by atoms with Gasteiger partial charge in [-0.3, -0.25) is 0 Å². The number of carbonyl (C=O) groups excluding carboxylic acids is 1. The Morgan fingerprint density at radius 1 is 1.05 bits per heavy atom. The van der Waals surface area contributed by atoms with Crippen molar-refractivity contribution in [2.75, 3.05) is 39.8 Å². The van der Waals surface area contributed by atoms with Crippen molar-refractivity contribution in [2.45, 2.75) is 71.2 Å². The molecular formula is C28H39FN4O5. The fourth-order valence-corrected chi connectivity index (χ4v) is 4.77. The molecule has 2 saturated heterocycles. The molecule has 0 bridgehead atoms. The van der Waals surface area contributed by atoms with Crippen molar-refractivity contribution >= 4 is 6.09 Å². The molecule has 0 spiro atoms. The Morgan fingerprint density at radius 3 is 2.39 bits per heavy atom. The van der Waals surface area contributed by atoms with Crippen molar-refractivity contribution in [3.05, 3.63) is 41.5 Å². The second-order valence-corrected chi connectivity index (χ2v) is 10.2. The Morgan fingerprint density at radius 2 is 1.74 bits per heavy atom. The van der Waals surface area contributed by atoms with Crippen molar-refractivity contribution in [3.8, 4) is 17.5 Å². The van der Waals surface area contributed by atoms with Gasteiger partial charge < -0.3 is 28.7 Å². The molecule has 2 fully saturated rings. The molecule has 3 heterocycles. The van der Waals surface area contributed by atoms with E-state index in [0.29, 0.717) is 43.5 Å². The molecule has 0 unspecified atom stereocenters. The number of benzene rings is 1. The number of carbonyl (C=O) groups is 1. The molecule has 1 amide bonds. The van der Waals surface area contributed by atoms with Gasteiger partial charge in [-0.05, 0) is 57.7 Å². The van der Waals surface area contributed by atoms with Crippen LogP contribution in [0.2, 0.25) is 0 Å². The Balaban J connectivity index is 1.30. The van der Waals surface area contributed by atoms with E-state index in [1.54, 1.807) is 25.0 Å². The quantitative estimate of drug-likeness (QED) is 0.459. The third-order valence-electron chi connectivity index (χ3n) is 7.09. The average molecular weight is 531 g/mol. The summed E-state index contributed by atoms with van der Waals surface area (Å²) >= 11 is 0. The first-order valence-corrected chi connectivity index (χ1v) is 13.5. The first-order chi connectivity index (χ1) is 18.3. The van der Waals surface area contributed by atoms with Crippen LogP contribution in [0.3, 0.4) is 0 Å². The van der Waals surface area contributed by atoms with Crippen molar-refractivity contribution < 1.29 is 28.1 Å². The smallest absolute Gasteiger partial charge is 0.410 e. The lowest BCUT2D eigenvalue weighted by Gasteiger charge is -2.31. The van der Waals surface area contributed by atoms with E-state index in [1.165, 1.54) is 12.4 Å². The van der Waals surface area contributed by atoms with Crippen molar-refractivity contribution in [1.82, 2.24) is 19.8 Å². The van der Waals surface area contributed by atoms with E-state index in [1.807, 2.05) is 19.9 Å². The lowest BCUT2D eigenvalue weighted by atomic mass is 10.1. The number of ether oxygens (including phenoxy) is 4. The van der Waals surface area contributed by atoms with Crippen LogP contribution in [0.4, 0.5) is 9.18 Å². The van der Waals surface area contributed by atoms with Crippen LogP contribution in [0.1, 0.15) is 50.7 Å². The Hall–Kier alpha value is -2.98. The van der Waals surface area contributed by atoms with Gasteiger partial charge in [0.25, 0.3) is 0 Å². The number of methoxy groups -OCH3 is 1. The molecule has 10 heteroatoms. The van der Waals surface area contributed by atoms with Gasteiger partial charge in [-0.1, -0.05) is 6.07 Å². The number of rotatable bonds is 9. The molecule has 2 aliphatic heterocycles.